The first-order valence-corrected chi connectivity index (χ1v) is 7.26. The molecule has 0 unspecified atom stereocenters. The van der Waals surface area contributed by atoms with E-state index in [1.807, 2.05) is 20.8 Å². The van der Waals surface area contributed by atoms with Crippen molar-refractivity contribution in [2.75, 3.05) is 0 Å². The Kier molecular flexibility index (Phi) is 5.64. The molecule has 0 saturated carbocycles. The van der Waals surface area contributed by atoms with E-state index in [-0.39, 0.29) is 0 Å². The molecule has 16 heavy (non-hydrogen) atoms. The number of hydrogen-bond donors (Lipinski definition) is 2. The first-order valence-electron chi connectivity index (χ1n) is 5.10. The maximum atomic E-state index is 13.9. The van der Waals surface area contributed by atoms with E-state index in [0.717, 1.165) is 0 Å². The third-order valence-electron chi connectivity index (χ3n) is 2.77. The Bertz CT molecular complexity index is 254. The van der Waals surface area contributed by atoms with E-state index in [1.165, 1.54) is 0 Å². The fraction of sp³-hybridized carbons (Fsp3) is 0.800. The van der Waals surface area contributed by atoms with Crippen LogP contribution < -0.4 is 21.2 Å². The van der Waals surface area contributed by atoms with Gasteiger partial charge in [-0.2, -0.15) is 0 Å². The Morgan fingerprint density at radius 1 is 1.06 bits per heavy atom. The molecule has 0 aliphatic carbocycles. The van der Waals surface area contributed by atoms with Crippen LogP contribution >= 0.6 is 0 Å². The number of aliphatic carboxylic acids is 2. The molecule has 4 nitrogen and oxygen atoms in total. The fourth-order valence-electron chi connectivity index (χ4n) is 1.40. The SMILES string of the molecule is CCC(CC)(CC)[I-]C(F)(C(=O)O)C(=O)O. The van der Waals surface area contributed by atoms with E-state index in [1.54, 1.807) is 0 Å². The van der Waals surface area contributed by atoms with E-state index in [4.69, 9.17) is 10.2 Å². The number of rotatable bonds is 7. The summed E-state index contributed by atoms with van der Waals surface area (Å²) in [6.07, 6.45) is 1.83. The van der Waals surface area contributed by atoms with Gasteiger partial charge in [0.15, 0.2) is 0 Å². The second-order valence-corrected chi connectivity index (χ2v) is 7.80. The summed E-state index contributed by atoms with van der Waals surface area (Å²) in [4.78, 5) is 21.5. The summed E-state index contributed by atoms with van der Waals surface area (Å²) in [5.41, 5.74) is 0. The molecule has 0 aromatic heterocycles. The van der Waals surface area contributed by atoms with Crippen LogP contribution in [0, 0.1) is 0 Å². The molecule has 0 aliphatic rings. The van der Waals surface area contributed by atoms with Gasteiger partial charge < -0.3 is 0 Å². The van der Waals surface area contributed by atoms with Crippen molar-refractivity contribution in [1.29, 1.82) is 0 Å². The van der Waals surface area contributed by atoms with Gasteiger partial charge in [0.05, 0.1) is 0 Å². The molecule has 0 aromatic carbocycles. The molecule has 0 fully saturated rings. The number of carboxylic acid groups (broad SMARTS) is 2. The van der Waals surface area contributed by atoms with Gasteiger partial charge in [0, 0.05) is 0 Å². The van der Waals surface area contributed by atoms with Crippen molar-refractivity contribution in [3.8, 4) is 0 Å². The molecular formula is C10H17FIO4-. The van der Waals surface area contributed by atoms with Crippen LogP contribution in [0.5, 0.6) is 0 Å². The van der Waals surface area contributed by atoms with Crippen molar-refractivity contribution >= 4 is 11.9 Å². The Labute approximate surface area is 104 Å². The van der Waals surface area contributed by atoms with Crippen molar-refractivity contribution in [3.63, 3.8) is 0 Å². The number of hydrogen-bond acceptors (Lipinski definition) is 2. The average molecular weight is 347 g/mol. The molecule has 0 saturated heterocycles. The summed E-state index contributed by atoms with van der Waals surface area (Å²) in [7, 11) is 0. The third kappa shape index (κ3) is 3.05. The van der Waals surface area contributed by atoms with Gasteiger partial charge in [-0.25, -0.2) is 0 Å². The monoisotopic (exact) mass is 347 g/mol. The van der Waals surface area contributed by atoms with Crippen LogP contribution in [0.25, 0.3) is 0 Å². The van der Waals surface area contributed by atoms with Crippen LogP contribution in [0.1, 0.15) is 40.0 Å². The van der Waals surface area contributed by atoms with Crippen molar-refractivity contribution in [2.24, 2.45) is 0 Å². The van der Waals surface area contributed by atoms with Crippen LogP contribution in [-0.2, 0) is 9.59 Å². The summed E-state index contributed by atoms with van der Waals surface area (Å²) in [6.45, 7) is 5.53. The summed E-state index contributed by atoms with van der Waals surface area (Å²) in [5.74, 6) is -3.74. The quantitative estimate of drug-likeness (QED) is 0.348. The molecule has 6 heteroatoms. The Morgan fingerprint density at radius 2 is 1.38 bits per heavy atom. The standard InChI is InChI=1S/C10H17FIO4/c1-4-9(5-2,6-3)12-10(11,7(13)14)8(15)16/h4-6H2,1-3H3,(H,13,14)(H,15,16)/q-1. The molecule has 0 aromatic rings. The van der Waals surface area contributed by atoms with Gasteiger partial charge >= 0.3 is 104 Å². The first-order chi connectivity index (χ1) is 7.28. The van der Waals surface area contributed by atoms with Gasteiger partial charge in [-0.05, 0) is 0 Å². The molecule has 0 bridgehead atoms. The molecule has 0 aliphatic heterocycles. The molecule has 0 atom stereocenters. The molecule has 2 N–H and O–H groups in total. The van der Waals surface area contributed by atoms with Crippen LogP contribution in [-0.4, -0.2) is 29.2 Å². The number of carbonyl (C=O) groups is 2. The molecule has 0 spiro atoms. The Balaban J connectivity index is 5.15. The van der Waals surface area contributed by atoms with E-state index >= 15 is 0 Å². The van der Waals surface area contributed by atoms with E-state index in [2.05, 4.69) is 0 Å². The van der Waals surface area contributed by atoms with E-state index in [0.29, 0.717) is 19.3 Å². The van der Waals surface area contributed by atoms with Crippen molar-refractivity contribution in [3.05, 3.63) is 0 Å². The van der Waals surface area contributed by atoms with Crippen LogP contribution in [0.15, 0.2) is 0 Å². The summed E-state index contributed by atoms with van der Waals surface area (Å²) < 4.78 is 10.4. The zero-order chi connectivity index (χ0) is 13.0. The van der Waals surface area contributed by atoms with Crippen molar-refractivity contribution in [1.82, 2.24) is 0 Å². The molecule has 0 amide bonds. The van der Waals surface area contributed by atoms with Crippen LogP contribution in [0.4, 0.5) is 4.39 Å². The zero-order valence-electron chi connectivity index (χ0n) is 9.59. The van der Waals surface area contributed by atoms with Gasteiger partial charge in [0.1, 0.15) is 0 Å². The molecular weight excluding hydrogens is 330 g/mol. The minimum atomic E-state index is -3.07. The second-order valence-electron chi connectivity index (χ2n) is 3.49. The van der Waals surface area contributed by atoms with Crippen LogP contribution in [0.3, 0.4) is 0 Å². The fourth-order valence-corrected chi connectivity index (χ4v) is 4.58. The normalized spacial score (nSPS) is 12.8. The third-order valence-corrected chi connectivity index (χ3v) is 7.87. The van der Waals surface area contributed by atoms with Gasteiger partial charge in [0.25, 0.3) is 0 Å². The Morgan fingerprint density at radius 3 is 1.56 bits per heavy atom. The Hall–Kier alpha value is -0.400. The average Bonchev–Trinajstić information content (AvgIpc) is 2.25. The van der Waals surface area contributed by atoms with Crippen LogP contribution in [0.2, 0.25) is 0 Å². The number of alkyl halides is 3. The minimum absolute atomic E-state index is 0.454. The molecule has 96 valence electrons. The van der Waals surface area contributed by atoms with Crippen molar-refractivity contribution < 1.29 is 45.4 Å². The zero-order valence-corrected chi connectivity index (χ0v) is 11.7. The molecule has 0 heterocycles. The van der Waals surface area contributed by atoms with Gasteiger partial charge in [-0.3, -0.25) is 0 Å². The van der Waals surface area contributed by atoms with Gasteiger partial charge in [0.2, 0.25) is 0 Å². The van der Waals surface area contributed by atoms with E-state index < -0.39 is 40.2 Å². The first kappa shape index (κ1) is 15.6. The topological polar surface area (TPSA) is 74.6 Å². The van der Waals surface area contributed by atoms with Gasteiger partial charge in [-0.15, -0.1) is 0 Å². The predicted octanol–water partition coefficient (Wildman–Crippen LogP) is -1.12. The van der Waals surface area contributed by atoms with Gasteiger partial charge in [-0.1, -0.05) is 0 Å². The summed E-state index contributed by atoms with van der Waals surface area (Å²) >= 11 is -1.62. The molecule has 0 radical (unpaired) electrons. The second kappa shape index (κ2) is 5.79. The number of halogens is 2. The van der Waals surface area contributed by atoms with E-state index in [9.17, 15) is 14.0 Å². The number of carboxylic acids is 2. The predicted molar refractivity (Wildman–Crippen MR) is 52.7 cm³/mol. The summed E-state index contributed by atoms with van der Waals surface area (Å²) in [5, 5.41) is 17.4. The summed E-state index contributed by atoms with van der Waals surface area (Å²) in [6, 6.07) is 0. The van der Waals surface area contributed by atoms with Crippen molar-refractivity contribution in [2.45, 2.75) is 47.1 Å². The molecule has 0 rings (SSSR count). The maximum absolute atomic E-state index is 13.9.